The van der Waals surface area contributed by atoms with E-state index in [1.54, 1.807) is 16.8 Å². The average molecular weight is 447 g/mol. The first-order chi connectivity index (χ1) is 16.0. The zero-order valence-corrected chi connectivity index (χ0v) is 18.8. The van der Waals surface area contributed by atoms with Gasteiger partial charge in [-0.25, -0.2) is 14.1 Å². The Balaban J connectivity index is 1.66. The fourth-order valence-corrected chi connectivity index (χ4v) is 4.28. The van der Waals surface area contributed by atoms with Crippen LogP contribution in [0, 0.1) is 11.7 Å². The highest BCUT2D eigenvalue weighted by atomic mass is 19.1. The minimum Gasteiger partial charge on any atom is -0.497 e. The van der Waals surface area contributed by atoms with Crippen molar-refractivity contribution in [3.8, 4) is 17.0 Å². The molecule has 0 radical (unpaired) electrons. The van der Waals surface area contributed by atoms with E-state index in [1.807, 2.05) is 30.3 Å². The summed E-state index contributed by atoms with van der Waals surface area (Å²) in [5.74, 6) is 1.66. The van der Waals surface area contributed by atoms with E-state index in [2.05, 4.69) is 11.8 Å². The summed E-state index contributed by atoms with van der Waals surface area (Å²) < 4.78 is 22.0. The number of hydrogen-bond donors (Lipinski definition) is 1. The molecule has 33 heavy (non-hydrogen) atoms. The van der Waals surface area contributed by atoms with E-state index < -0.39 is 5.82 Å². The SMILES string of the molecule is COc1ccc(-c2nc(N3CCC(C)CC3)nc3nn(Cc4ccccc4)c(N)c23)c(F)c1. The maximum Gasteiger partial charge on any atom is 0.228 e. The number of methoxy groups -OCH3 is 1. The van der Waals surface area contributed by atoms with Gasteiger partial charge >= 0.3 is 0 Å². The molecule has 0 spiro atoms. The van der Waals surface area contributed by atoms with Gasteiger partial charge in [0.1, 0.15) is 17.4 Å². The van der Waals surface area contributed by atoms with Crippen LogP contribution in [0.15, 0.2) is 48.5 Å². The fraction of sp³-hybridized carbons (Fsp3) is 0.320. The summed E-state index contributed by atoms with van der Waals surface area (Å²) in [7, 11) is 1.51. The number of piperidine rings is 1. The van der Waals surface area contributed by atoms with Crippen LogP contribution in [0.2, 0.25) is 0 Å². The third-order valence-corrected chi connectivity index (χ3v) is 6.30. The Morgan fingerprint density at radius 2 is 1.85 bits per heavy atom. The van der Waals surface area contributed by atoms with Gasteiger partial charge in [0.2, 0.25) is 5.95 Å². The third-order valence-electron chi connectivity index (χ3n) is 6.30. The highest BCUT2D eigenvalue weighted by Crippen LogP contribution is 2.35. The van der Waals surface area contributed by atoms with Gasteiger partial charge in [0.25, 0.3) is 0 Å². The van der Waals surface area contributed by atoms with Crippen LogP contribution in [0.5, 0.6) is 5.75 Å². The summed E-state index contributed by atoms with van der Waals surface area (Å²) in [4.78, 5) is 11.7. The van der Waals surface area contributed by atoms with Crippen LogP contribution in [-0.2, 0) is 6.54 Å². The predicted octanol–water partition coefficient (Wildman–Crippen LogP) is 4.51. The zero-order chi connectivity index (χ0) is 22.9. The Bertz CT molecular complexity index is 1280. The van der Waals surface area contributed by atoms with Crippen LogP contribution in [0.25, 0.3) is 22.3 Å². The van der Waals surface area contributed by atoms with E-state index in [9.17, 15) is 0 Å². The smallest absolute Gasteiger partial charge is 0.228 e. The van der Waals surface area contributed by atoms with Gasteiger partial charge in [-0.15, -0.1) is 5.10 Å². The van der Waals surface area contributed by atoms with E-state index in [4.69, 9.17) is 25.5 Å². The molecule has 1 saturated heterocycles. The lowest BCUT2D eigenvalue weighted by Gasteiger charge is -2.30. The summed E-state index contributed by atoms with van der Waals surface area (Å²) in [6.07, 6.45) is 2.14. The second-order valence-electron chi connectivity index (χ2n) is 8.61. The topological polar surface area (TPSA) is 82.1 Å². The van der Waals surface area contributed by atoms with E-state index in [0.29, 0.717) is 52.3 Å². The lowest BCUT2D eigenvalue weighted by atomic mass is 9.99. The van der Waals surface area contributed by atoms with E-state index in [0.717, 1.165) is 31.5 Å². The molecule has 1 aliphatic heterocycles. The Kier molecular flexibility index (Phi) is 5.58. The van der Waals surface area contributed by atoms with Crippen molar-refractivity contribution >= 4 is 22.8 Å². The molecule has 0 aliphatic carbocycles. The van der Waals surface area contributed by atoms with Gasteiger partial charge in [0.15, 0.2) is 5.65 Å². The van der Waals surface area contributed by atoms with Gasteiger partial charge in [0, 0.05) is 24.7 Å². The maximum absolute atomic E-state index is 15.1. The molecular formula is C25H27FN6O. The van der Waals surface area contributed by atoms with Crippen LogP contribution >= 0.6 is 0 Å². The Morgan fingerprint density at radius 1 is 1.09 bits per heavy atom. The molecule has 2 aromatic heterocycles. The van der Waals surface area contributed by atoms with Crippen LogP contribution in [-0.4, -0.2) is 39.9 Å². The number of anilines is 2. The molecule has 170 valence electrons. The number of halogens is 1. The monoisotopic (exact) mass is 446 g/mol. The predicted molar refractivity (Wildman–Crippen MR) is 128 cm³/mol. The van der Waals surface area contributed by atoms with Crippen molar-refractivity contribution < 1.29 is 9.13 Å². The minimum absolute atomic E-state index is 0.348. The number of ether oxygens (including phenoxy) is 1. The van der Waals surface area contributed by atoms with Crippen molar-refractivity contribution in [1.29, 1.82) is 0 Å². The molecule has 1 fully saturated rings. The van der Waals surface area contributed by atoms with Gasteiger partial charge < -0.3 is 15.4 Å². The van der Waals surface area contributed by atoms with Gasteiger partial charge in [-0.3, -0.25) is 0 Å². The Morgan fingerprint density at radius 3 is 2.55 bits per heavy atom. The molecule has 0 saturated carbocycles. The van der Waals surface area contributed by atoms with Crippen molar-refractivity contribution in [3.05, 3.63) is 59.9 Å². The number of aromatic nitrogens is 4. The Labute approximate surface area is 192 Å². The molecule has 8 heteroatoms. The molecule has 0 amide bonds. The summed E-state index contributed by atoms with van der Waals surface area (Å²) in [5.41, 5.74) is 8.87. The molecular weight excluding hydrogens is 419 g/mol. The molecule has 4 aromatic rings. The molecule has 2 aromatic carbocycles. The number of nitrogens with two attached hydrogens (primary N) is 1. The van der Waals surface area contributed by atoms with Crippen LogP contribution < -0.4 is 15.4 Å². The lowest BCUT2D eigenvalue weighted by Crippen LogP contribution is -2.34. The zero-order valence-electron chi connectivity index (χ0n) is 18.8. The van der Waals surface area contributed by atoms with Crippen molar-refractivity contribution in [2.24, 2.45) is 5.92 Å². The summed E-state index contributed by atoms with van der Waals surface area (Å²) in [5, 5.41) is 5.25. The van der Waals surface area contributed by atoms with E-state index >= 15 is 4.39 Å². The third kappa shape index (κ3) is 4.08. The molecule has 3 heterocycles. The highest BCUT2D eigenvalue weighted by Gasteiger charge is 2.24. The first-order valence-electron chi connectivity index (χ1n) is 11.2. The molecule has 5 rings (SSSR count). The molecule has 0 unspecified atom stereocenters. The van der Waals surface area contributed by atoms with Crippen molar-refractivity contribution in [2.75, 3.05) is 30.8 Å². The number of nitrogens with zero attached hydrogens (tertiary/aromatic N) is 5. The molecule has 2 N–H and O–H groups in total. The second-order valence-corrected chi connectivity index (χ2v) is 8.61. The largest absolute Gasteiger partial charge is 0.497 e. The maximum atomic E-state index is 15.1. The normalized spacial score (nSPS) is 14.7. The Hall–Kier alpha value is -3.68. The summed E-state index contributed by atoms with van der Waals surface area (Å²) in [6.45, 7) is 4.46. The first-order valence-corrected chi connectivity index (χ1v) is 11.2. The lowest BCUT2D eigenvalue weighted by molar-refractivity contribution is 0.411. The molecule has 1 aliphatic rings. The quantitative estimate of drug-likeness (QED) is 0.486. The second kappa shape index (κ2) is 8.69. The minimum atomic E-state index is -0.428. The number of hydrogen-bond acceptors (Lipinski definition) is 6. The van der Waals surface area contributed by atoms with Crippen molar-refractivity contribution in [3.63, 3.8) is 0 Å². The van der Waals surface area contributed by atoms with Gasteiger partial charge in [-0.2, -0.15) is 4.98 Å². The van der Waals surface area contributed by atoms with Gasteiger partial charge in [-0.1, -0.05) is 37.3 Å². The summed E-state index contributed by atoms with van der Waals surface area (Å²) in [6, 6.07) is 14.7. The highest BCUT2D eigenvalue weighted by molar-refractivity contribution is 5.99. The molecule has 0 bridgehead atoms. The fourth-order valence-electron chi connectivity index (χ4n) is 4.28. The van der Waals surface area contributed by atoms with E-state index in [1.165, 1.54) is 13.2 Å². The number of nitrogen functional groups attached to an aromatic ring is 1. The first kappa shape index (κ1) is 21.2. The van der Waals surface area contributed by atoms with Crippen LogP contribution in [0.1, 0.15) is 25.3 Å². The summed E-state index contributed by atoms with van der Waals surface area (Å²) >= 11 is 0. The van der Waals surface area contributed by atoms with Crippen molar-refractivity contribution in [1.82, 2.24) is 19.7 Å². The van der Waals surface area contributed by atoms with Crippen LogP contribution in [0.3, 0.4) is 0 Å². The molecule has 7 nitrogen and oxygen atoms in total. The van der Waals surface area contributed by atoms with Gasteiger partial charge in [0.05, 0.1) is 24.7 Å². The van der Waals surface area contributed by atoms with Gasteiger partial charge in [-0.05, 0) is 36.5 Å². The number of fused-ring (bicyclic) bond motifs is 1. The van der Waals surface area contributed by atoms with Crippen molar-refractivity contribution in [2.45, 2.75) is 26.3 Å². The number of rotatable bonds is 5. The molecule has 0 atom stereocenters. The number of benzene rings is 2. The standard InChI is InChI=1S/C25H27FN6O/c1-16-10-12-31(13-11-16)25-28-22(19-9-8-18(33-2)14-20(19)26)21-23(27)32(30-24(21)29-25)15-17-6-4-3-5-7-17/h3-9,14,16H,10-13,15,27H2,1-2H3. The van der Waals surface area contributed by atoms with Crippen LogP contribution in [0.4, 0.5) is 16.2 Å². The average Bonchev–Trinajstić information content (AvgIpc) is 3.14. The van der Waals surface area contributed by atoms with E-state index in [-0.39, 0.29) is 0 Å².